The zero-order valence-electron chi connectivity index (χ0n) is 12.2. The van der Waals surface area contributed by atoms with Gasteiger partial charge in [-0.3, -0.25) is 4.79 Å². The van der Waals surface area contributed by atoms with Crippen LogP contribution in [-0.4, -0.2) is 32.7 Å². The number of amides is 1. The minimum Gasteiger partial charge on any atom is -0.326 e. The van der Waals surface area contributed by atoms with Crippen molar-refractivity contribution in [3.05, 3.63) is 36.4 Å². The first kappa shape index (κ1) is 15.7. The molecule has 6 heteroatoms. The summed E-state index contributed by atoms with van der Waals surface area (Å²) in [6, 6.07) is 6.25. The third-order valence-corrected chi connectivity index (χ3v) is 5.37. The van der Waals surface area contributed by atoms with Gasteiger partial charge in [-0.2, -0.15) is 0 Å². The highest BCUT2D eigenvalue weighted by Gasteiger charge is 2.20. The maximum absolute atomic E-state index is 12.1. The van der Waals surface area contributed by atoms with E-state index in [0.29, 0.717) is 5.69 Å². The molecular weight excluding hydrogens is 288 g/mol. The predicted molar refractivity (Wildman–Crippen MR) is 82.4 cm³/mol. The van der Waals surface area contributed by atoms with Gasteiger partial charge < -0.3 is 5.32 Å². The minimum absolute atomic E-state index is 0.000171. The molecule has 0 spiro atoms. The van der Waals surface area contributed by atoms with Crippen molar-refractivity contribution in [1.82, 2.24) is 4.31 Å². The zero-order valence-corrected chi connectivity index (χ0v) is 13.1. The van der Waals surface area contributed by atoms with Crippen molar-refractivity contribution < 1.29 is 13.2 Å². The summed E-state index contributed by atoms with van der Waals surface area (Å²) in [4.78, 5) is 12.3. The summed E-state index contributed by atoms with van der Waals surface area (Å²) in [5.41, 5.74) is 0.618. The zero-order chi connectivity index (χ0) is 15.5. The Bertz CT molecular complexity index is 633. The van der Waals surface area contributed by atoms with Crippen molar-refractivity contribution in [1.29, 1.82) is 0 Å². The van der Waals surface area contributed by atoms with Crippen LogP contribution in [0.5, 0.6) is 0 Å². The third-order valence-electron chi connectivity index (χ3n) is 3.54. The Morgan fingerprint density at radius 3 is 2.38 bits per heavy atom. The van der Waals surface area contributed by atoms with Crippen LogP contribution in [0, 0.1) is 5.92 Å². The lowest BCUT2D eigenvalue weighted by Gasteiger charge is -2.17. The van der Waals surface area contributed by atoms with Gasteiger partial charge in [0.25, 0.3) is 0 Å². The van der Waals surface area contributed by atoms with Crippen molar-refractivity contribution in [2.75, 3.05) is 19.4 Å². The number of hydrogen-bond acceptors (Lipinski definition) is 3. The Morgan fingerprint density at radius 2 is 1.86 bits per heavy atom. The van der Waals surface area contributed by atoms with Crippen LogP contribution in [-0.2, 0) is 14.8 Å². The van der Waals surface area contributed by atoms with E-state index in [4.69, 9.17) is 0 Å². The molecule has 0 radical (unpaired) electrons. The molecular formula is C15H20N2O3S. The Morgan fingerprint density at radius 1 is 1.19 bits per heavy atom. The van der Waals surface area contributed by atoms with Crippen LogP contribution < -0.4 is 5.32 Å². The highest BCUT2D eigenvalue weighted by molar-refractivity contribution is 7.89. The van der Waals surface area contributed by atoms with E-state index >= 15 is 0 Å². The summed E-state index contributed by atoms with van der Waals surface area (Å²) in [5, 5.41) is 2.84. The molecule has 5 nitrogen and oxygen atoms in total. The molecule has 0 aromatic heterocycles. The van der Waals surface area contributed by atoms with Crippen molar-refractivity contribution in [2.24, 2.45) is 5.92 Å². The summed E-state index contributed by atoms with van der Waals surface area (Å²) >= 11 is 0. The Balaban J connectivity index is 2.06. The lowest BCUT2D eigenvalue weighted by molar-refractivity contribution is -0.120. The van der Waals surface area contributed by atoms with Gasteiger partial charge >= 0.3 is 0 Å². The van der Waals surface area contributed by atoms with Gasteiger partial charge in [0, 0.05) is 25.7 Å². The third kappa shape index (κ3) is 3.71. The molecule has 0 heterocycles. The average molecular weight is 308 g/mol. The SMILES string of the molecule is CN(C)S(=O)(=O)c1ccc(NC(=O)C2CC=CCC2)cc1. The van der Waals surface area contributed by atoms with Gasteiger partial charge in [-0.15, -0.1) is 0 Å². The highest BCUT2D eigenvalue weighted by atomic mass is 32.2. The molecule has 0 saturated heterocycles. The molecule has 0 aliphatic heterocycles. The number of allylic oxidation sites excluding steroid dienone is 2. The van der Waals surface area contributed by atoms with E-state index in [9.17, 15) is 13.2 Å². The number of carbonyl (C=O) groups excluding carboxylic acids is 1. The van der Waals surface area contributed by atoms with Crippen LogP contribution in [0.1, 0.15) is 19.3 Å². The molecule has 0 saturated carbocycles. The van der Waals surface area contributed by atoms with E-state index < -0.39 is 10.0 Å². The van der Waals surface area contributed by atoms with Crippen LogP contribution in [0.25, 0.3) is 0 Å². The van der Waals surface area contributed by atoms with Crippen molar-refractivity contribution in [3.8, 4) is 0 Å². The van der Waals surface area contributed by atoms with Gasteiger partial charge in [-0.25, -0.2) is 12.7 Å². The maximum atomic E-state index is 12.1. The monoisotopic (exact) mass is 308 g/mol. The molecule has 114 valence electrons. The largest absolute Gasteiger partial charge is 0.326 e. The highest BCUT2D eigenvalue weighted by Crippen LogP contribution is 2.21. The number of sulfonamides is 1. The smallest absolute Gasteiger partial charge is 0.242 e. The second kappa shape index (κ2) is 6.41. The lowest BCUT2D eigenvalue weighted by Crippen LogP contribution is -2.24. The van der Waals surface area contributed by atoms with Gasteiger partial charge in [0.05, 0.1) is 4.90 Å². The molecule has 1 N–H and O–H groups in total. The summed E-state index contributed by atoms with van der Waals surface area (Å²) in [6.45, 7) is 0. The minimum atomic E-state index is -3.43. The lowest BCUT2D eigenvalue weighted by atomic mass is 9.93. The molecule has 1 unspecified atom stereocenters. The summed E-state index contributed by atoms with van der Waals surface area (Å²) < 4.78 is 25.0. The standard InChI is InChI=1S/C15H20N2O3S/c1-17(2)21(19,20)14-10-8-13(9-11-14)16-15(18)12-6-4-3-5-7-12/h3-4,8-12H,5-7H2,1-2H3,(H,16,18). The Kier molecular flexibility index (Phi) is 4.80. The van der Waals surface area contributed by atoms with Crippen molar-refractivity contribution in [3.63, 3.8) is 0 Å². The molecule has 1 amide bonds. The number of nitrogens with one attached hydrogen (secondary N) is 1. The van der Waals surface area contributed by atoms with Gasteiger partial charge in [0.2, 0.25) is 15.9 Å². The van der Waals surface area contributed by atoms with Gasteiger partial charge in [-0.05, 0) is 43.5 Å². The molecule has 1 aliphatic carbocycles. The average Bonchev–Trinajstić information content (AvgIpc) is 2.48. The van der Waals surface area contributed by atoms with E-state index in [2.05, 4.69) is 11.4 Å². The number of anilines is 1. The van der Waals surface area contributed by atoms with Crippen molar-refractivity contribution >= 4 is 21.6 Å². The topological polar surface area (TPSA) is 66.5 Å². The Hall–Kier alpha value is -1.66. The number of rotatable bonds is 4. The summed E-state index contributed by atoms with van der Waals surface area (Å²) in [6.07, 6.45) is 6.66. The molecule has 1 aromatic rings. The first-order valence-corrected chi connectivity index (χ1v) is 8.34. The molecule has 21 heavy (non-hydrogen) atoms. The van der Waals surface area contributed by atoms with Crippen LogP contribution in [0.4, 0.5) is 5.69 Å². The molecule has 1 atom stereocenters. The van der Waals surface area contributed by atoms with Crippen LogP contribution in [0.3, 0.4) is 0 Å². The quantitative estimate of drug-likeness (QED) is 0.867. The van der Waals surface area contributed by atoms with Crippen LogP contribution in [0.2, 0.25) is 0 Å². The van der Waals surface area contributed by atoms with E-state index in [1.807, 2.05) is 6.08 Å². The summed E-state index contributed by atoms with van der Waals surface area (Å²) in [7, 11) is -0.456. The number of carbonyl (C=O) groups is 1. The summed E-state index contributed by atoms with van der Waals surface area (Å²) in [5.74, 6) is -0.0113. The van der Waals surface area contributed by atoms with Gasteiger partial charge in [0.1, 0.15) is 0 Å². The van der Waals surface area contributed by atoms with Crippen LogP contribution >= 0.6 is 0 Å². The molecule has 2 rings (SSSR count). The van der Waals surface area contributed by atoms with E-state index in [-0.39, 0.29) is 16.7 Å². The molecule has 1 aliphatic rings. The molecule has 1 aromatic carbocycles. The number of benzene rings is 1. The fourth-order valence-corrected chi connectivity index (χ4v) is 3.10. The van der Waals surface area contributed by atoms with Gasteiger partial charge in [0.15, 0.2) is 0 Å². The fraction of sp³-hybridized carbons (Fsp3) is 0.400. The Labute approximate surface area is 125 Å². The van der Waals surface area contributed by atoms with Crippen molar-refractivity contribution in [2.45, 2.75) is 24.2 Å². The predicted octanol–water partition coefficient (Wildman–Crippen LogP) is 2.23. The van der Waals surface area contributed by atoms with Crippen LogP contribution in [0.15, 0.2) is 41.3 Å². The molecule has 0 bridgehead atoms. The van der Waals surface area contributed by atoms with E-state index in [1.165, 1.54) is 26.2 Å². The van der Waals surface area contributed by atoms with E-state index in [1.54, 1.807) is 12.1 Å². The van der Waals surface area contributed by atoms with E-state index in [0.717, 1.165) is 23.6 Å². The second-order valence-corrected chi connectivity index (χ2v) is 7.43. The second-order valence-electron chi connectivity index (χ2n) is 5.28. The molecule has 0 fully saturated rings. The first-order chi connectivity index (χ1) is 9.91. The number of nitrogens with zero attached hydrogens (tertiary/aromatic N) is 1. The fourth-order valence-electron chi connectivity index (χ4n) is 2.20. The van der Waals surface area contributed by atoms with Gasteiger partial charge in [-0.1, -0.05) is 12.2 Å². The number of hydrogen-bond donors (Lipinski definition) is 1. The normalized spacial score (nSPS) is 18.7. The maximum Gasteiger partial charge on any atom is 0.242 e. The first-order valence-electron chi connectivity index (χ1n) is 6.89.